The molecule has 0 spiro atoms. The molecule has 0 aromatic heterocycles. The molecule has 96 valence electrons. The van der Waals surface area contributed by atoms with Crippen molar-refractivity contribution in [3.63, 3.8) is 0 Å². The van der Waals surface area contributed by atoms with Gasteiger partial charge in [-0.1, -0.05) is 25.1 Å². The summed E-state index contributed by atoms with van der Waals surface area (Å²) in [5.41, 5.74) is 1.89. The van der Waals surface area contributed by atoms with Crippen molar-refractivity contribution in [2.24, 2.45) is 0 Å². The van der Waals surface area contributed by atoms with Crippen LogP contribution in [0.25, 0.3) is 0 Å². The first-order valence-electron chi connectivity index (χ1n) is 6.65. The zero-order chi connectivity index (χ0) is 12.8. The fourth-order valence-electron chi connectivity index (χ4n) is 2.39. The summed E-state index contributed by atoms with van der Waals surface area (Å²) in [6, 6.07) is 10.1. The van der Waals surface area contributed by atoms with Gasteiger partial charge in [0, 0.05) is 19.7 Å². The van der Waals surface area contributed by atoms with Crippen molar-refractivity contribution in [2.45, 2.75) is 32.4 Å². The van der Waals surface area contributed by atoms with Crippen LogP contribution in [0.5, 0.6) is 0 Å². The number of hydrogen-bond donors (Lipinski definition) is 0. The lowest BCUT2D eigenvalue weighted by molar-refractivity contribution is 0.0724. The molecule has 0 amide bonds. The Labute approximate surface area is 109 Å². The molecule has 0 aliphatic carbocycles. The van der Waals surface area contributed by atoms with Gasteiger partial charge in [-0.15, -0.1) is 0 Å². The lowest BCUT2D eigenvalue weighted by Gasteiger charge is -2.24. The molecule has 1 atom stereocenters. The number of rotatable bonds is 5. The maximum absolute atomic E-state index is 9.10. The molecular weight excluding hydrogens is 224 g/mol. The van der Waals surface area contributed by atoms with Gasteiger partial charge in [-0.3, -0.25) is 4.90 Å². The maximum Gasteiger partial charge on any atom is 0.0995 e. The van der Waals surface area contributed by atoms with Crippen LogP contribution in [0.15, 0.2) is 24.3 Å². The van der Waals surface area contributed by atoms with Crippen LogP contribution >= 0.6 is 0 Å². The monoisotopic (exact) mass is 244 g/mol. The summed E-state index contributed by atoms with van der Waals surface area (Å²) in [6.07, 6.45) is 2.71. The Bertz CT molecular complexity index is 419. The second kappa shape index (κ2) is 6.53. The molecule has 1 aliphatic rings. The van der Waals surface area contributed by atoms with E-state index in [0.717, 1.165) is 43.8 Å². The van der Waals surface area contributed by atoms with Crippen LogP contribution in [-0.2, 0) is 11.3 Å². The highest BCUT2D eigenvalue weighted by Gasteiger charge is 2.18. The van der Waals surface area contributed by atoms with Gasteiger partial charge in [-0.25, -0.2) is 0 Å². The van der Waals surface area contributed by atoms with E-state index in [0.29, 0.717) is 6.10 Å². The van der Waals surface area contributed by atoms with Crippen LogP contribution in [-0.4, -0.2) is 30.7 Å². The zero-order valence-corrected chi connectivity index (χ0v) is 10.9. The smallest absolute Gasteiger partial charge is 0.0995 e. The minimum Gasteiger partial charge on any atom is -0.377 e. The molecule has 1 heterocycles. The molecule has 0 bridgehead atoms. The van der Waals surface area contributed by atoms with E-state index in [2.05, 4.69) is 17.9 Å². The normalized spacial score (nSPS) is 19.1. The van der Waals surface area contributed by atoms with Gasteiger partial charge in [0.25, 0.3) is 0 Å². The molecule has 2 rings (SSSR count). The molecule has 1 aromatic rings. The van der Waals surface area contributed by atoms with Gasteiger partial charge in [0.1, 0.15) is 0 Å². The fraction of sp³-hybridized carbons (Fsp3) is 0.533. The van der Waals surface area contributed by atoms with Gasteiger partial charge in [0.15, 0.2) is 0 Å². The Kier molecular flexibility index (Phi) is 4.74. The predicted octanol–water partition coefficient (Wildman–Crippen LogP) is 2.56. The van der Waals surface area contributed by atoms with Crippen molar-refractivity contribution in [3.8, 4) is 6.07 Å². The lowest BCUT2D eigenvalue weighted by atomic mass is 10.1. The van der Waals surface area contributed by atoms with Crippen molar-refractivity contribution in [2.75, 3.05) is 19.7 Å². The molecule has 0 radical (unpaired) electrons. The van der Waals surface area contributed by atoms with Gasteiger partial charge in [0.05, 0.1) is 17.7 Å². The molecule has 0 N–H and O–H groups in total. The summed E-state index contributed by atoms with van der Waals surface area (Å²) in [6.45, 7) is 5.84. The molecule has 3 nitrogen and oxygen atoms in total. The molecule has 1 aromatic carbocycles. The molecule has 0 saturated carbocycles. The van der Waals surface area contributed by atoms with Gasteiger partial charge < -0.3 is 4.74 Å². The third kappa shape index (κ3) is 3.32. The van der Waals surface area contributed by atoms with Gasteiger partial charge in [0.2, 0.25) is 0 Å². The highest BCUT2D eigenvalue weighted by molar-refractivity contribution is 5.37. The Morgan fingerprint density at radius 2 is 2.28 bits per heavy atom. The van der Waals surface area contributed by atoms with Crippen molar-refractivity contribution >= 4 is 0 Å². The minimum absolute atomic E-state index is 0.374. The van der Waals surface area contributed by atoms with E-state index < -0.39 is 0 Å². The number of nitriles is 1. The van der Waals surface area contributed by atoms with E-state index in [1.165, 1.54) is 6.42 Å². The predicted molar refractivity (Wildman–Crippen MR) is 71.1 cm³/mol. The number of ether oxygens (including phenoxy) is 1. The number of hydrogen-bond acceptors (Lipinski definition) is 3. The van der Waals surface area contributed by atoms with Crippen LogP contribution in [0.4, 0.5) is 0 Å². The fourth-order valence-corrected chi connectivity index (χ4v) is 2.39. The van der Waals surface area contributed by atoms with E-state index in [-0.39, 0.29) is 0 Å². The van der Waals surface area contributed by atoms with E-state index >= 15 is 0 Å². The first-order chi connectivity index (χ1) is 8.83. The van der Waals surface area contributed by atoms with E-state index in [1.807, 2.05) is 24.3 Å². The Morgan fingerprint density at radius 1 is 1.44 bits per heavy atom. The molecule has 18 heavy (non-hydrogen) atoms. The second-order valence-electron chi connectivity index (χ2n) is 4.73. The molecule has 1 saturated heterocycles. The summed E-state index contributed by atoms with van der Waals surface area (Å²) in [4.78, 5) is 2.35. The molecular formula is C15H20N2O. The zero-order valence-electron chi connectivity index (χ0n) is 10.9. The maximum atomic E-state index is 9.10. The largest absolute Gasteiger partial charge is 0.377 e. The highest BCUT2D eigenvalue weighted by Crippen LogP contribution is 2.16. The van der Waals surface area contributed by atoms with Gasteiger partial charge >= 0.3 is 0 Å². The van der Waals surface area contributed by atoms with Crippen molar-refractivity contribution < 1.29 is 4.74 Å². The van der Waals surface area contributed by atoms with Gasteiger partial charge in [-0.2, -0.15) is 5.26 Å². The highest BCUT2D eigenvalue weighted by atomic mass is 16.5. The van der Waals surface area contributed by atoms with Crippen molar-refractivity contribution in [1.29, 1.82) is 5.26 Å². The van der Waals surface area contributed by atoms with Crippen LogP contribution < -0.4 is 0 Å². The standard InChI is InChI=1S/C15H20N2O/c1-2-17(12-15-8-5-9-18-15)11-14-7-4-3-6-13(14)10-16/h3-4,6-7,15H,2,5,8-9,11-12H2,1H3/t15-/m1/s1. The average Bonchev–Trinajstić information content (AvgIpc) is 2.91. The number of benzene rings is 1. The van der Waals surface area contributed by atoms with Gasteiger partial charge in [-0.05, 0) is 31.0 Å². The molecule has 1 aliphatic heterocycles. The number of nitrogens with zero attached hydrogens (tertiary/aromatic N) is 2. The van der Waals surface area contributed by atoms with Crippen LogP contribution in [0.3, 0.4) is 0 Å². The summed E-state index contributed by atoms with van der Waals surface area (Å²) in [5, 5.41) is 9.10. The Morgan fingerprint density at radius 3 is 2.94 bits per heavy atom. The Hall–Kier alpha value is -1.37. The van der Waals surface area contributed by atoms with Crippen LogP contribution in [0.2, 0.25) is 0 Å². The van der Waals surface area contributed by atoms with E-state index in [9.17, 15) is 0 Å². The SMILES string of the molecule is CCN(Cc1ccccc1C#N)C[C@H]1CCCO1. The third-order valence-corrected chi connectivity index (χ3v) is 3.46. The number of likely N-dealkylation sites (N-methyl/N-ethyl adjacent to an activating group) is 1. The summed E-state index contributed by atoms with van der Waals surface area (Å²) < 4.78 is 5.67. The lowest BCUT2D eigenvalue weighted by Crippen LogP contribution is -2.31. The topological polar surface area (TPSA) is 36.3 Å². The van der Waals surface area contributed by atoms with Crippen LogP contribution in [0.1, 0.15) is 30.9 Å². The third-order valence-electron chi connectivity index (χ3n) is 3.46. The van der Waals surface area contributed by atoms with E-state index in [1.54, 1.807) is 0 Å². The molecule has 1 fully saturated rings. The second-order valence-corrected chi connectivity index (χ2v) is 4.73. The minimum atomic E-state index is 0.374. The quantitative estimate of drug-likeness (QED) is 0.798. The average molecular weight is 244 g/mol. The van der Waals surface area contributed by atoms with E-state index in [4.69, 9.17) is 10.00 Å². The summed E-state index contributed by atoms with van der Waals surface area (Å²) in [5.74, 6) is 0. The van der Waals surface area contributed by atoms with Crippen molar-refractivity contribution in [1.82, 2.24) is 4.90 Å². The van der Waals surface area contributed by atoms with Crippen LogP contribution in [0, 0.1) is 11.3 Å². The molecule has 3 heteroatoms. The first kappa shape index (κ1) is 13.1. The Balaban J connectivity index is 1.98. The summed E-state index contributed by atoms with van der Waals surface area (Å²) in [7, 11) is 0. The summed E-state index contributed by atoms with van der Waals surface area (Å²) >= 11 is 0. The molecule has 0 unspecified atom stereocenters. The van der Waals surface area contributed by atoms with Crippen molar-refractivity contribution in [3.05, 3.63) is 35.4 Å². The first-order valence-corrected chi connectivity index (χ1v) is 6.65.